The summed E-state index contributed by atoms with van der Waals surface area (Å²) in [4.78, 5) is 10.9. The third kappa shape index (κ3) is 5.02. The lowest BCUT2D eigenvalue weighted by Crippen LogP contribution is -2.36. The zero-order chi connectivity index (χ0) is 15.3. The van der Waals surface area contributed by atoms with Crippen LogP contribution in [0.1, 0.15) is 18.4 Å². The van der Waals surface area contributed by atoms with Gasteiger partial charge in [-0.3, -0.25) is 4.79 Å². The van der Waals surface area contributed by atoms with Crippen LogP contribution in [0.15, 0.2) is 24.3 Å². The Morgan fingerprint density at radius 3 is 2.86 bits per heavy atom. The molecule has 1 saturated heterocycles. The monoisotopic (exact) mass is 302 g/mol. The van der Waals surface area contributed by atoms with Crippen LogP contribution in [-0.4, -0.2) is 31.3 Å². The van der Waals surface area contributed by atoms with Crippen LogP contribution in [0.2, 0.25) is 0 Å². The highest BCUT2D eigenvalue weighted by molar-refractivity contribution is 5.94. The Balaban J connectivity index is 1.89. The maximum atomic E-state index is 12.2. The molecular weight excluding hydrogens is 285 g/mol. The number of halogens is 3. The van der Waals surface area contributed by atoms with Gasteiger partial charge in [0.1, 0.15) is 0 Å². The van der Waals surface area contributed by atoms with E-state index in [9.17, 15) is 18.0 Å². The zero-order valence-corrected chi connectivity index (χ0v) is 11.4. The van der Waals surface area contributed by atoms with Crippen molar-refractivity contribution < 1.29 is 22.7 Å². The van der Waals surface area contributed by atoms with Crippen LogP contribution in [0.4, 0.5) is 18.9 Å². The van der Waals surface area contributed by atoms with Crippen molar-refractivity contribution in [2.45, 2.75) is 31.6 Å². The van der Waals surface area contributed by atoms with E-state index in [0.717, 1.165) is 25.0 Å². The van der Waals surface area contributed by atoms with E-state index >= 15 is 0 Å². The van der Waals surface area contributed by atoms with E-state index < -0.39 is 12.1 Å². The summed E-state index contributed by atoms with van der Waals surface area (Å²) < 4.78 is 41.9. The number of carbonyl (C=O) groups is 1. The fourth-order valence-corrected chi connectivity index (χ4v) is 2.12. The van der Waals surface area contributed by atoms with Gasteiger partial charge in [-0.2, -0.15) is 13.2 Å². The number of anilines is 1. The lowest BCUT2D eigenvalue weighted by atomic mass is 10.1. The fraction of sp³-hybridized carbons (Fsp3) is 0.500. The number of benzene rings is 1. The first-order valence-corrected chi connectivity index (χ1v) is 6.73. The summed E-state index contributed by atoms with van der Waals surface area (Å²) in [6.45, 7) is 1.94. The predicted octanol–water partition coefficient (Wildman–Crippen LogP) is 2.46. The van der Waals surface area contributed by atoms with E-state index in [1.165, 1.54) is 12.1 Å². The average molecular weight is 302 g/mol. The molecule has 7 heteroatoms. The first-order valence-electron chi connectivity index (χ1n) is 6.73. The van der Waals surface area contributed by atoms with Crippen molar-refractivity contribution in [2.24, 2.45) is 0 Å². The summed E-state index contributed by atoms with van der Waals surface area (Å²) >= 11 is 0. The normalized spacial score (nSPS) is 19.3. The SMILES string of the molecule is O=C(Nc1cccc(CNC2CCCOC2)c1)C(F)(F)F. The number of amides is 1. The number of rotatable bonds is 4. The summed E-state index contributed by atoms with van der Waals surface area (Å²) in [6, 6.07) is 6.62. The molecule has 1 unspecified atom stereocenters. The first kappa shape index (κ1) is 15.8. The van der Waals surface area contributed by atoms with Gasteiger partial charge < -0.3 is 15.4 Å². The molecule has 2 rings (SSSR count). The summed E-state index contributed by atoms with van der Waals surface area (Å²) in [6.07, 6.45) is -2.86. The molecule has 0 radical (unpaired) electrons. The fourth-order valence-electron chi connectivity index (χ4n) is 2.12. The van der Waals surface area contributed by atoms with Crippen molar-refractivity contribution in [3.63, 3.8) is 0 Å². The summed E-state index contributed by atoms with van der Waals surface area (Å²) in [7, 11) is 0. The maximum Gasteiger partial charge on any atom is 0.471 e. The Bertz CT molecular complexity index is 485. The molecule has 0 aromatic heterocycles. The van der Waals surface area contributed by atoms with Crippen LogP contribution >= 0.6 is 0 Å². The lowest BCUT2D eigenvalue weighted by Gasteiger charge is -2.23. The summed E-state index contributed by atoms with van der Waals surface area (Å²) in [5, 5.41) is 5.13. The van der Waals surface area contributed by atoms with Crippen molar-refractivity contribution >= 4 is 11.6 Å². The largest absolute Gasteiger partial charge is 0.471 e. The minimum Gasteiger partial charge on any atom is -0.380 e. The van der Waals surface area contributed by atoms with E-state index in [1.54, 1.807) is 12.1 Å². The molecule has 0 spiro atoms. The van der Waals surface area contributed by atoms with Crippen LogP contribution in [0.5, 0.6) is 0 Å². The highest BCUT2D eigenvalue weighted by Crippen LogP contribution is 2.19. The van der Waals surface area contributed by atoms with Crippen molar-refractivity contribution in [3.8, 4) is 0 Å². The van der Waals surface area contributed by atoms with E-state index in [2.05, 4.69) is 5.32 Å². The molecule has 1 heterocycles. The molecule has 1 fully saturated rings. The second kappa shape index (κ2) is 6.91. The van der Waals surface area contributed by atoms with Gasteiger partial charge in [0.25, 0.3) is 0 Å². The van der Waals surface area contributed by atoms with Crippen LogP contribution < -0.4 is 10.6 Å². The molecule has 1 aromatic rings. The van der Waals surface area contributed by atoms with E-state index in [-0.39, 0.29) is 11.7 Å². The Morgan fingerprint density at radius 2 is 2.19 bits per heavy atom. The van der Waals surface area contributed by atoms with Gasteiger partial charge in [-0.25, -0.2) is 0 Å². The molecule has 4 nitrogen and oxygen atoms in total. The van der Waals surface area contributed by atoms with Gasteiger partial charge in [-0.15, -0.1) is 0 Å². The molecular formula is C14H17F3N2O2. The number of carbonyl (C=O) groups excluding carboxylic acids is 1. The van der Waals surface area contributed by atoms with Crippen molar-refractivity contribution in [3.05, 3.63) is 29.8 Å². The summed E-state index contributed by atoms with van der Waals surface area (Å²) in [5.41, 5.74) is 0.942. The highest BCUT2D eigenvalue weighted by atomic mass is 19.4. The first-order chi connectivity index (χ1) is 9.95. The number of hydrogen-bond acceptors (Lipinski definition) is 3. The number of hydrogen-bond donors (Lipinski definition) is 2. The molecule has 116 valence electrons. The molecule has 1 aliphatic heterocycles. The van der Waals surface area contributed by atoms with Crippen LogP contribution in [-0.2, 0) is 16.1 Å². The van der Waals surface area contributed by atoms with Gasteiger partial charge in [0.05, 0.1) is 6.61 Å². The molecule has 0 bridgehead atoms. The standard InChI is InChI=1S/C14H17F3N2O2/c15-14(16,17)13(20)19-11-4-1-3-10(7-11)8-18-12-5-2-6-21-9-12/h1,3-4,7,12,18H,2,5-6,8-9H2,(H,19,20). The third-order valence-corrected chi connectivity index (χ3v) is 3.20. The lowest BCUT2D eigenvalue weighted by molar-refractivity contribution is -0.167. The van der Waals surface area contributed by atoms with Crippen molar-refractivity contribution in [1.82, 2.24) is 5.32 Å². The van der Waals surface area contributed by atoms with Gasteiger partial charge in [-0.1, -0.05) is 12.1 Å². The molecule has 1 aromatic carbocycles. The smallest absolute Gasteiger partial charge is 0.380 e. The zero-order valence-electron chi connectivity index (χ0n) is 11.4. The molecule has 1 amide bonds. The second-order valence-electron chi connectivity index (χ2n) is 4.95. The van der Waals surface area contributed by atoms with Gasteiger partial charge in [0, 0.05) is 24.9 Å². The topological polar surface area (TPSA) is 50.4 Å². The van der Waals surface area contributed by atoms with E-state index in [4.69, 9.17) is 4.74 Å². The van der Waals surface area contributed by atoms with Crippen LogP contribution in [0.25, 0.3) is 0 Å². The maximum absolute atomic E-state index is 12.2. The second-order valence-corrected chi connectivity index (χ2v) is 4.95. The van der Waals surface area contributed by atoms with Gasteiger partial charge in [0.2, 0.25) is 0 Å². The van der Waals surface area contributed by atoms with Crippen molar-refractivity contribution in [2.75, 3.05) is 18.5 Å². The van der Waals surface area contributed by atoms with Gasteiger partial charge in [0.15, 0.2) is 0 Å². The molecule has 0 saturated carbocycles. The average Bonchev–Trinajstić information content (AvgIpc) is 2.46. The molecule has 21 heavy (non-hydrogen) atoms. The minimum absolute atomic E-state index is 0.136. The molecule has 0 aliphatic carbocycles. The number of nitrogens with one attached hydrogen (secondary N) is 2. The Labute approximate surface area is 120 Å². The predicted molar refractivity (Wildman–Crippen MR) is 71.8 cm³/mol. The van der Waals surface area contributed by atoms with E-state index in [0.29, 0.717) is 13.2 Å². The highest BCUT2D eigenvalue weighted by Gasteiger charge is 2.38. The molecule has 1 atom stereocenters. The third-order valence-electron chi connectivity index (χ3n) is 3.20. The molecule has 1 aliphatic rings. The Kier molecular flexibility index (Phi) is 5.19. The van der Waals surface area contributed by atoms with Crippen LogP contribution in [0.3, 0.4) is 0 Å². The Hall–Kier alpha value is -1.60. The number of alkyl halides is 3. The summed E-state index contributed by atoms with van der Waals surface area (Å²) in [5.74, 6) is -1.96. The quantitative estimate of drug-likeness (QED) is 0.898. The van der Waals surface area contributed by atoms with Gasteiger partial charge >= 0.3 is 12.1 Å². The van der Waals surface area contributed by atoms with Crippen molar-refractivity contribution in [1.29, 1.82) is 0 Å². The minimum atomic E-state index is -4.88. The molecule has 2 N–H and O–H groups in total. The van der Waals surface area contributed by atoms with Gasteiger partial charge in [-0.05, 0) is 30.5 Å². The van der Waals surface area contributed by atoms with E-state index in [1.807, 2.05) is 5.32 Å². The van der Waals surface area contributed by atoms with Crippen LogP contribution in [0, 0.1) is 0 Å². The Morgan fingerprint density at radius 1 is 1.38 bits per heavy atom. The number of ether oxygens (including phenoxy) is 1.